The van der Waals surface area contributed by atoms with Gasteiger partial charge in [-0.2, -0.15) is 0 Å². The van der Waals surface area contributed by atoms with Crippen LogP contribution >= 0.6 is 0 Å². The van der Waals surface area contributed by atoms with Crippen molar-refractivity contribution >= 4 is 23.2 Å². The van der Waals surface area contributed by atoms with Crippen molar-refractivity contribution in [1.82, 2.24) is 5.32 Å². The molecule has 1 aromatic rings. The third-order valence-corrected chi connectivity index (χ3v) is 3.51. The highest BCUT2D eigenvalue weighted by atomic mass is 16.5. The van der Waals surface area contributed by atoms with Gasteiger partial charge in [0.2, 0.25) is 5.91 Å². The van der Waals surface area contributed by atoms with Gasteiger partial charge >= 0.3 is 0 Å². The first kappa shape index (κ1) is 12.8. The third kappa shape index (κ3) is 2.68. The number of hydrogen-bond donors (Lipinski definition) is 2. The predicted octanol–water partition coefficient (Wildman–Crippen LogP) is 0.520. The second kappa shape index (κ2) is 5.03. The Labute approximate surface area is 116 Å². The number of fused-ring (bicyclic) bond motifs is 1. The quantitative estimate of drug-likeness (QED) is 0.785. The van der Waals surface area contributed by atoms with Crippen molar-refractivity contribution in [3.05, 3.63) is 18.2 Å². The highest BCUT2D eigenvalue weighted by Gasteiger charge is 2.28. The Morgan fingerprint density at radius 1 is 1.45 bits per heavy atom. The summed E-state index contributed by atoms with van der Waals surface area (Å²) in [6.45, 7) is 0.652. The first-order valence-electron chi connectivity index (χ1n) is 6.73. The molecule has 1 heterocycles. The molecule has 0 bridgehead atoms. The average Bonchev–Trinajstić information content (AvgIpc) is 3.24. The molecule has 2 aliphatic rings. The molecule has 106 valence electrons. The minimum absolute atomic E-state index is 0.00532. The Bertz CT molecular complexity index is 555. The van der Waals surface area contributed by atoms with Crippen molar-refractivity contribution in [2.24, 2.45) is 5.92 Å². The number of carbonyl (C=O) groups excluding carboxylic acids is 2. The molecule has 6 nitrogen and oxygen atoms in total. The molecule has 0 saturated heterocycles. The maximum Gasteiger partial charge on any atom is 0.265 e. The average molecular weight is 275 g/mol. The summed E-state index contributed by atoms with van der Waals surface area (Å²) in [6.07, 6.45) is 2.35. The van der Waals surface area contributed by atoms with Crippen LogP contribution in [0.25, 0.3) is 0 Å². The van der Waals surface area contributed by atoms with Gasteiger partial charge in [-0.15, -0.1) is 0 Å². The van der Waals surface area contributed by atoms with Gasteiger partial charge in [-0.3, -0.25) is 14.5 Å². The van der Waals surface area contributed by atoms with E-state index in [0.717, 1.165) is 0 Å². The van der Waals surface area contributed by atoms with Gasteiger partial charge in [-0.05, 0) is 37.0 Å². The molecular weight excluding hydrogens is 258 g/mol. The lowest BCUT2D eigenvalue weighted by Gasteiger charge is -2.29. The van der Waals surface area contributed by atoms with E-state index in [0.29, 0.717) is 29.6 Å². The van der Waals surface area contributed by atoms with Crippen molar-refractivity contribution in [1.29, 1.82) is 0 Å². The maximum absolute atomic E-state index is 11.9. The first-order valence-corrected chi connectivity index (χ1v) is 6.73. The fourth-order valence-corrected chi connectivity index (χ4v) is 2.17. The largest absolute Gasteiger partial charge is 0.482 e. The monoisotopic (exact) mass is 275 g/mol. The second-order valence-electron chi connectivity index (χ2n) is 5.24. The Hall–Kier alpha value is -2.24. The minimum atomic E-state index is -0.232. The number of nitrogen functional groups attached to an aromatic ring is 1. The number of ether oxygens (including phenoxy) is 1. The molecule has 0 unspecified atom stereocenters. The number of nitrogens with one attached hydrogen (secondary N) is 1. The van der Waals surface area contributed by atoms with Crippen LogP contribution in [0.4, 0.5) is 11.4 Å². The molecule has 0 radical (unpaired) electrons. The van der Waals surface area contributed by atoms with Crippen LogP contribution in [-0.4, -0.2) is 31.5 Å². The van der Waals surface area contributed by atoms with Gasteiger partial charge in [-0.1, -0.05) is 0 Å². The summed E-state index contributed by atoms with van der Waals surface area (Å²) < 4.78 is 5.33. The topological polar surface area (TPSA) is 84.7 Å². The van der Waals surface area contributed by atoms with Gasteiger partial charge in [0.25, 0.3) is 5.91 Å². The fourth-order valence-electron chi connectivity index (χ4n) is 2.17. The van der Waals surface area contributed by atoms with E-state index in [1.165, 1.54) is 17.7 Å². The van der Waals surface area contributed by atoms with Gasteiger partial charge in [0.05, 0.1) is 5.69 Å². The number of rotatable bonds is 4. The van der Waals surface area contributed by atoms with E-state index < -0.39 is 0 Å². The van der Waals surface area contributed by atoms with Gasteiger partial charge in [0, 0.05) is 12.2 Å². The summed E-state index contributed by atoms with van der Waals surface area (Å²) in [5.41, 5.74) is 6.82. The third-order valence-electron chi connectivity index (χ3n) is 3.51. The number of hydrogen-bond acceptors (Lipinski definition) is 4. The molecule has 1 saturated carbocycles. The van der Waals surface area contributed by atoms with Crippen LogP contribution in [0.15, 0.2) is 18.2 Å². The Morgan fingerprint density at radius 3 is 3.00 bits per heavy atom. The van der Waals surface area contributed by atoms with E-state index >= 15 is 0 Å². The van der Waals surface area contributed by atoms with E-state index in [2.05, 4.69) is 5.32 Å². The van der Waals surface area contributed by atoms with Gasteiger partial charge in [-0.25, -0.2) is 0 Å². The smallest absolute Gasteiger partial charge is 0.265 e. The molecular formula is C14H17N3O3. The van der Waals surface area contributed by atoms with E-state index in [9.17, 15) is 9.59 Å². The van der Waals surface area contributed by atoms with Crippen LogP contribution in [0, 0.1) is 5.92 Å². The lowest BCUT2D eigenvalue weighted by Crippen LogP contribution is -2.45. The summed E-state index contributed by atoms with van der Waals surface area (Å²) in [5, 5.41) is 2.85. The molecule has 1 aliphatic carbocycles. The molecule has 1 aliphatic heterocycles. The fraction of sp³-hybridized carbons (Fsp3) is 0.429. The number of nitrogens with zero attached hydrogens (tertiary/aromatic N) is 1. The molecule has 1 aromatic carbocycles. The molecule has 6 heteroatoms. The molecule has 3 N–H and O–H groups in total. The van der Waals surface area contributed by atoms with Crippen molar-refractivity contribution in [2.75, 3.05) is 30.3 Å². The number of carbonyl (C=O) groups is 2. The number of nitrogens with two attached hydrogens (primary N) is 1. The summed E-state index contributed by atoms with van der Waals surface area (Å²) in [7, 11) is 0. The van der Waals surface area contributed by atoms with Crippen LogP contribution in [0.3, 0.4) is 0 Å². The summed E-state index contributed by atoms with van der Waals surface area (Å²) in [6, 6.07) is 5.08. The summed E-state index contributed by atoms with van der Waals surface area (Å²) in [4.78, 5) is 25.3. The van der Waals surface area contributed by atoms with Crippen LogP contribution in [-0.2, 0) is 9.59 Å². The minimum Gasteiger partial charge on any atom is -0.482 e. The van der Waals surface area contributed by atoms with Gasteiger partial charge in [0.1, 0.15) is 12.3 Å². The highest BCUT2D eigenvalue weighted by Crippen LogP contribution is 2.33. The SMILES string of the molecule is Nc1ccc2c(c1)N(CC(=O)NCC1CC1)C(=O)CO2. The molecule has 2 amide bonds. The van der Waals surface area contributed by atoms with E-state index in [1.54, 1.807) is 18.2 Å². The lowest BCUT2D eigenvalue weighted by atomic mass is 10.2. The molecule has 20 heavy (non-hydrogen) atoms. The Kier molecular flexibility index (Phi) is 3.22. The molecule has 0 spiro atoms. The normalized spacial score (nSPS) is 17.4. The van der Waals surface area contributed by atoms with Crippen LogP contribution in [0.2, 0.25) is 0 Å². The number of amides is 2. The standard InChI is InChI=1S/C14H17N3O3/c15-10-3-4-12-11(5-10)17(14(19)8-20-12)7-13(18)16-6-9-1-2-9/h3-5,9H,1-2,6-8,15H2,(H,16,18). The van der Waals surface area contributed by atoms with Crippen molar-refractivity contribution in [3.63, 3.8) is 0 Å². The number of anilines is 2. The molecule has 1 fully saturated rings. The Morgan fingerprint density at radius 2 is 2.25 bits per heavy atom. The number of benzene rings is 1. The Balaban J connectivity index is 1.72. The highest BCUT2D eigenvalue weighted by molar-refractivity contribution is 6.02. The van der Waals surface area contributed by atoms with Crippen molar-refractivity contribution in [2.45, 2.75) is 12.8 Å². The molecule has 0 aromatic heterocycles. The summed E-state index contributed by atoms with van der Waals surface area (Å²) in [5.74, 6) is 0.807. The van der Waals surface area contributed by atoms with Crippen LogP contribution < -0.4 is 20.7 Å². The first-order chi connectivity index (χ1) is 9.63. The van der Waals surface area contributed by atoms with Crippen LogP contribution in [0.1, 0.15) is 12.8 Å². The lowest BCUT2D eigenvalue weighted by molar-refractivity contribution is -0.125. The van der Waals surface area contributed by atoms with Crippen molar-refractivity contribution < 1.29 is 14.3 Å². The zero-order valence-electron chi connectivity index (χ0n) is 11.1. The van der Waals surface area contributed by atoms with Gasteiger partial charge in [0.15, 0.2) is 6.61 Å². The predicted molar refractivity (Wildman–Crippen MR) is 74.4 cm³/mol. The molecule has 0 atom stereocenters. The second-order valence-corrected chi connectivity index (χ2v) is 5.24. The van der Waals surface area contributed by atoms with E-state index in [-0.39, 0.29) is 25.0 Å². The van der Waals surface area contributed by atoms with E-state index in [4.69, 9.17) is 10.5 Å². The zero-order valence-corrected chi connectivity index (χ0v) is 11.1. The maximum atomic E-state index is 11.9. The molecule has 3 rings (SSSR count). The van der Waals surface area contributed by atoms with E-state index in [1.807, 2.05) is 0 Å². The zero-order chi connectivity index (χ0) is 14.1. The summed E-state index contributed by atoms with van der Waals surface area (Å²) >= 11 is 0. The van der Waals surface area contributed by atoms with Crippen molar-refractivity contribution in [3.8, 4) is 5.75 Å². The van der Waals surface area contributed by atoms with Gasteiger partial charge < -0.3 is 15.8 Å². The van der Waals surface area contributed by atoms with Crippen LogP contribution in [0.5, 0.6) is 5.75 Å².